The summed E-state index contributed by atoms with van der Waals surface area (Å²) in [4.78, 5) is 12.4. The van der Waals surface area contributed by atoms with E-state index in [9.17, 15) is 4.79 Å². The molecule has 1 amide bonds. The van der Waals surface area contributed by atoms with Gasteiger partial charge in [-0.05, 0) is 61.9 Å². The van der Waals surface area contributed by atoms with Crippen molar-refractivity contribution in [3.63, 3.8) is 0 Å². The summed E-state index contributed by atoms with van der Waals surface area (Å²) in [5.41, 5.74) is 5.90. The lowest BCUT2D eigenvalue weighted by molar-refractivity contribution is -0.124. The Labute approximate surface area is 138 Å². The van der Waals surface area contributed by atoms with Crippen LogP contribution >= 0.6 is 15.9 Å². The molecule has 5 heteroatoms. The van der Waals surface area contributed by atoms with Gasteiger partial charge in [-0.1, -0.05) is 22.0 Å². The van der Waals surface area contributed by atoms with Gasteiger partial charge in [0.1, 0.15) is 0 Å². The van der Waals surface area contributed by atoms with Gasteiger partial charge in [0.2, 0.25) is 5.91 Å². The van der Waals surface area contributed by atoms with Gasteiger partial charge >= 0.3 is 0 Å². The molecule has 116 valence electrons. The Hall–Kier alpha value is -1.62. The normalized spacial score (nSPS) is 16.6. The number of aromatic nitrogens is 2. The summed E-state index contributed by atoms with van der Waals surface area (Å²) in [7, 11) is 0. The van der Waals surface area contributed by atoms with Crippen molar-refractivity contribution in [3.8, 4) is 0 Å². The van der Waals surface area contributed by atoms with Crippen LogP contribution in [0.15, 0.2) is 22.7 Å². The summed E-state index contributed by atoms with van der Waals surface area (Å²) in [5.74, 6) is 0.224. The van der Waals surface area contributed by atoms with Crippen LogP contribution in [-0.4, -0.2) is 22.6 Å². The molecule has 1 aromatic heterocycles. The molecule has 0 aliphatic heterocycles. The molecular formula is C17H20BrN3O. The fraction of sp³-hybridized carbons (Fsp3) is 0.412. The van der Waals surface area contributed by atoms with Gasteiger partial charge in [-0.25, -0.2) is 0 Å². The van der Waals surface area contributed by atoms with Crippen LogP contribution < -0.4 is 5.32 Å². The predicted octanol–water partition coefficient (Wildman–Crippen LogP) is 2.86. The summed E-state index contributed by atoms with van der Waals surface area (Å²) in [6.07, 6.45) is 2.51. The van der Waals surface area contributed by atoms with Gasteiger partial charge in [0.15, 0.2) is 0 Å². The molecule has 0 saturated carbocycles. The van der Waals surface area contributed by atoms with E-state index in [1.165, 1.54) is 16.7 Å². The number of carbonyl (C=O) groups is 1. The highest BCUT2D eigenvalue weighted by Gasteiger charge is 2.27. The SMILES string of the molecule is Cc1n[nH]c(C)c1CCNC(=O)C1Cc2ccc(Br)cc2C1. The number of benzene rings is 1. The summed E-state index contributed by atoms with van der Waals surface area (Å²) < 4.78 is 1.08. The van der Waals surface area contributed by atoms with Crippen LogP contribution in [0.25, 0.3) is 0 Å². The largest absolute Gasteiger partial charge is 0.356 e. The summed E-state index contributed by atoms with van der Waals surface area (Å²) in [5, 5.41) is 10.2. The van der Waals surface area contributed by atoms with Crippen molar-refractivity contribution >= 4 is 21.8 Å². The van der Waals surface area contributed by atoms with E-state index in [1.807, 2.05) is 19.9 Å². The number of aromatic amines is 1. The molecule has 2 N–H and O–H groups in total. The van der Waals surface area contributed by atoms with E-state index in [2.05, 4.69) is 43.6 Å². The second kappa shape index (κ2) is 6.24. The van der Waals surface area contributed by atoms with Crippen LogP contribution in [0.1, 0.15) is 28.1 Å². The lowest BCUT2D eigenvalue weighted by Crippen LogP contribution is -2.32. The fourth-order valence-electron chi connectivity index (χ4n) is 3.17. The molecule has 22 heavy (non-hydrogen) atoms. The van der Waals surface area contributed by atoms with Crippen molar-refractivity contribution in [2.45, 2.75) is 33.1 Å². The van der Waals surface area contributed by atoms with Gasteiger partial charge in [0.25, 0.3) is 0 Å². The van der Waals surface area contributed by atoms with E-state index in [-0.39, 0.29) is 11.8 Å². The Morgan fingerprint density at radius 3 is 2.86 bits per heavy atom. The van der Waals surface area contributed by atoms with Crippen molar-refractivity contribution in [2.75, 3.05) is 6.54 Å². The van der Waals surface area contributed by atoms with E-state index in [4.69, 9.17) is 0 Å². The van der Waals surface area contributed by atoms with Gasteiger partial charge < -0.3 is 5.32 Å². The molecule has 2 aromatic rings. The van der Waals surface area contributed by atoms with Crippen molar-refractivity contribution in [1.29, 1.82) is 0 Å². The molecule has 0 bridgehead atoms. The van der Waals surface area contributed by atoms with Gasteiger partial charge in [-0.3, -0.25) is 9.89 Å². The minimum absolute atomic E-state index is 0.0656. The number of carbonyl (C=O) groups excluding carboxylic acids is 1. The maximum atomic E-state index is 12.4. The summed E-state index contributed by atoms with van der Waals surface area (Å²) in [6.45, 7) is 4.67. The van der Waals surface area contributed by atoms with Crippen molar-refractivity contribution in [3.05, 3.63) is 50.8 Å². The van der Waals surface area contributed by atoms with Crippen LogP contribution in [-0.2, 0) is 24.1 Å². The maximum Gasteiger partial charge on any atom is 0.223 e. The number of hydrogen-bond donors (Lipinski definition) is 2. The molecular weight excluding hydrogens is 342 g/mol. The minimum atomic E-state index is 0.0656. The average molecular weight is 362 g/mol. The van der Waals surface area contributed by atoms with E-state index in [0.29, 0.717) is 6.54 Å². The van der Waals surface area contributed by atoms with E-state index in [0.717, 1.165) is 35.1 Å². The number of rotatable bonds is 4. The number of H-pyrrole nitrogens is 1. The average Bonchev–Trinajstić information content (AvgIpc) is 3.04. The first-order valence-electron chi connectivity index (χ1n) is 7.60. The maximum absolute atomic E-state index is 12.4. The molecule has 1 atom stereocenters. The highest BCUT2D eigenvalue weighted by molar-refractivity contribution is 9.10. The zero-order valence-corrected chi connectivity index (χ0v) is 14.5. The first-order chi connectivity index (χ1) is 10.5. The topological polar surface area (TPSA) is 57.8 Å². The minimum Gasteiger partial charge on any atom is -0.356 e. The van der Waals surface area contributed by atoms with E-state index in [1.54, 1.807) is 0 Å². The monoisotopic (exact) mass is 361 g/mol. The molecule has 0 radical (unpaired) electrons. The Bertz CT molecular complexity index is 688. The van der Waals surface area contributed by atoms with Gasteiger partial charge in [-0.15, -0.1) is 0 Å². The smallest absolute Gasteiger partial charge is 0.223 e. The van der Waals surface area contributed by atoms with Crippen LogP contribution in [0.2, 0.25) is 0 Å². The van der Waals surface area contributed by atoms with E-state index < -0.39 is 0 Å². The van der Waals surface area contributed by atoms with Gasteiger partial charge in [0, 0.05) is 22.6 Å². The summed E-state index contributed by atoms with van der Waals surface area (Å²) >= 11 is 3.49. The van der Waals surface area contributed by atoms with Gasteiger partial charge in [0.05, 0.1) is 5.69 Å². The van der Waals surface area contributed by atoms with Crippen molar-refractivity contribution in [1.82, 2.24) is 15.5 Å². The molecule has 1 heterocycles. The zero-order chi connectivity index (χ0) is 15.7. The Balaban J connectivity index is 1.54. The Morgan fingerprint density at radius 1 is 1.36 bits per heavy atom. The molecule has 0 fully saturated rings. The van der Waals surface area contributed by atoms with Gasteiger partial charge in [-0.2, -0.15) is 5.10 Å². The third kappa shape index (κ3) is 3.09. The lowest BCUT2D eigenvalue weighted by Gasteiger charge is -2.10. The second-order valence-electron chi connectivity index (χ2n) is 5.97. The molecule has 4 nitrogen and oxygen atoms in total. The Kier molecular flexibility index (Phi) is 4.34. The molecule has 3 rings (SSSR count). The molecule has 1 aliphatic carbocycles. The molecule has 1 aliphatic rings. The predicted molar refractivity (Wildman–Crippen MR) is 89.8 cm³/mol. The fourth-order valence-corrected chi connectivity index (χ4v) is 3.58. The Morgan fingerprint density at radius 2 is 2.14 bits per heavy atom. The third-order valence-electron chi connectivity index (χ3n) is 4.43. The van der Waals surface area contributed by atoms with Crippen LogP contribution in [0.5, 0.6) is 0 Å². The number of hydrogen-bond acceptors (Lipinski definition) is 2. The van der Waals surface area contributed by atoms with Crippen molar-refractivity contribution in [2.24, 2.45) is 5.92 Å². The standard InChI is InChI=1S/C17H20BrN3O/c1-10-16(11(2)21-20-10)5-6-19-17(22)14-7-12-3-4-15(18)9-13(12)8-14/h3-4,9,14H,5-8H2,1-2H3,(H,19,22)(H,20,21). The van der Waals surface area contributed by atoms with Crippen LogP contribution in [0.3, 0.4) is 0 Å². The number of halogens is 1. The zero-order valence-electron chi connectivity index (χ0n) is 12.9. The number of fused-ring (bicyclic) bond motifs is 1. The molecule has 0 spiro atoms. The van der Waals surface area contributed by atoms with Crippen LogP contribution in [0.4, 0.5) is 0 Å². The lowest BCUT2D eigenvalue weighted by atomic mass is 10.1. The molecule has 1 aromatic carbocycles. The number of amides is 1. The second-order valence-corrected chi connectivity index (χ2v) is 6.89. The van der Waals surface area contributed by atoms with E-state index >= 15 is 0 Å². The third-order valence-corrected chi connectivity index (χ3v) is 4.92. The highest BCUT2D eigenvalue weighted by atomic mass is 79.9. The number of aryl methyl sites for hydroxylation is 2. The molecule has 1 unspecified atom stereocenters. The number of nitrogens with zero attached hydrogens (tertiary/aromatic N) is 1. The quantitative estimate of drug-likeness (QED) is 0.879. The summed E-state index contributed by atoms with van der Waals surface area (Å²) in [6, 6.07) is 6.29. The highest BCUT2D eigenvalue weighted by Crippen LogP contribution is 2.29. The number of nitrogens with one attached hydrogen (secondary N) is 2. The first-order valence-corrected chi connectivity index (χ1v) is 8.39. The molecule has 0 saturated heterocycles. The first kappa shape index (κ1) is 15.3. The van der Waals surface area contributed by atoms with Crippen LogP contribution in [0, 0.1) is 19.8 Å². The van der Waals surface area contributed by atoms with Crippen molar-refractivity contribution < 1.29 is 4.79 Å².